The number of benzene rings is 1. The molecule has 1 unspecified atom stereocenters. The second kappa shape index (κ2) is 5.61. The Morgan fingerprint density at radius 3 is 2.80 bits per heavy atom. The van der Waals surface area contributed by atoms with E-state index in [4.69, 9.17) is 10.5 Å². The summed E-state index contributed by atoms with van der Waals surface area (Å²) in [7, 11) is 1.71. The Morgan fingerprint density at radius 2 is 2.20 bits per heavy atom. The van der Waals surface area contributed by atoms with E-state index >= 15 is 0 Å². The summed E-state index contributed by atoms with van der Waals surface area (Å²) in [6.45, 7) is 4.84. The van der Waals surface area contributed by atoms with E-state index in [1.165, 1.54) is 0 Å². The molecule has 0 aliphatic heterocycles. The molecule has 0 saturated heterocycles. The largest absolute Gasteiger partial charge is 0.397 e. The van der Waals surface area contributed by atoms with Crippen LogP contribution in [0.1, 0.15) is 18.9 Å². The van der Waals surface area contributed by atoms with Crippen molar-refractivity contribution in [2.24, 2.45) is 0 Å². The third-order valence-corrected chi connectivity index (χ3v) is 2.54. The number of anilines is 2. The van der Waals surface area contributed by atoms with E-state index < -0.39 is 0 Å². The molecule has 84 valence electrons. The van der Waals surface area contributed by atoms with Crippen molar-refractivity contribution in [2.45, 2.75) is 26.3 Å². The highest BCUT2D eigenvalue weighted by Gasteiger charge is 2.08. The van der Waals surface area contributed by atoms with Crippen molar-refractivity contribution in [1.29, 1.82) is 0 Å². The van der Waals surface area contributed by atoms with E-state index in [1.54, 1.807) is 7.11 Å². The summed E-state index contributed by atoms with van der Waals surface area (Å²) in [4.78, 5) is 0. The Labute approximate surface area is 91.6 Å². The maximum absolute atomic E-state index is 5.98. The van der Waals surface area contributed by atoms with Crippen LogP contribution in [0, 0.1) is 6.92 Å². The van der Waals surface area contributed by atoms with Gasteiger partial charge in [0.25, 0.3) is 0 Å². The van der Waals surface area contributed by atoms with E-state index in [0.717, 1.165) is 23.4 Å². The number of ether oxygens (including phenoxy) is 1. The molecule has 3 N–H and O–H groups in total. The Morgan fingerprint density at radius 1 is 1.47 bits per heavy atom. The summed E-state index contributed by atoms with van der Waals surface area (Å²) in [5.74, 6) is 0. The Bertz CT molecular complexity index is 312. The molecule has 1 aromatic rings. The van der Waals surface area contributed by atoms with Crippen LogP contribution >= 0.6 is 0 Å². The molecular formula is C12H20N2O. The van der Waals surface area contributed by atoms with E-state index in [9.17, 15) is 0 Å². The summed E-state index contributed by atoms with van der Waals surface area (Å²) >= 11 is 0. The molecule has 0 bridgehead atoms. The summed E-state index contributed by atoms with van der Waals surface area (Å²) < 4.78 is 5.13. The van der Waals surface area contributed by atoms with Crippen molar-refractivity contribution in [3.8, 4) is 0 Å². The molecule has 0 radical (unpaired) electrons. The fourth-order valence-corrected chi connectivity index (χ4v) is 1.49. The lowest BCUT2D eigenvalue weighted by molar-refractivity contribution is 0.184. The first-order valence-electron chi connectivity index (χ1n) is 5.29. The third kappa shape index (κ3) is 3.13. The lowest BCUT2D eigenvalue weighted by Gasteiger charge is -2.19. The standard InChI is InChI=1S/C12H20N2O/c1-4-10(8-15-3)14-11-7-5-6-9(2)12(11)13/h5-7,10,14H,4,8,13H2,1-3H3. The monoisotopic (exact) mass is 208 g/mol. The number of hydrogen-bond acceptors (Lipinski definition) is 3. The van der Waals surface area contributed by atoms with Gasteiger partial charge in [-0.3, -0.25) is 0 Å². The highest BCUT2D eigenvalue weighted by molar-refractivity contribution is 5.69. The average molecular weight is 208 g/mol. The molecular weight excluding hydrogens is 188 g/mol. The number of nitrogens with two attached hydrogens (primary N) is 1. The summed E-state index contributed by atoms with van der Waals surface area (Å²) in [5, 5.41) is 3.39. The fraction of sp³-hybridized carbons (Fsp3) is 0.500. The van der Waals surface area contributed by atoms with E-state index in [2.05, 4.69) is 12.2 Å². The van der Waals surface area contributed by atoms with Gasteiger partial charge in [0.2, 0.25) is 0 Å². The van der Waals surface area contributed by atoms with E-state index in [-0.39, 0.29) is 0 Å². The van der Waals surface area contributed by atoms with Crippen LogP contribution in [0.3, 0.4) is 0 Å². The minimum absolute atomic E-state index is 0.319. The Kier molecular flexibility index (Phi) is 4.43. The quantitative estimate of drug-likeness (QED) is 0.730. The van der Waals surface area contributed by atoms with Gasteiger partial charge in [0, 0.05) is 13.2 Å². The third-order valence-electron chi connectivity index (χ3n) is 2.54. The smallest absolute Gasteiger partial charge is 0.0663 e. The predicted octanol–water partition coefficient (Wildman–Crippen LogP) is 2.41. The van der Waals surface area contributed by atoms with Gasteiger partial charge >= 0.3 is 0 Å². The summed E-state index contributed by atoms with van der Waals surface area (Å²) in [6, 6.07) is 6.34. The fourth-order valence-electron chi connectivity index (χ4n) is 1.49. The van der Waals surface area contributed by atoms with Crippen LogP contribution in [-0.2, 0) is 4.74 Å². The van der Waals surface area contributed by atoms with Crippen molar-refractivity contribution in [1.82, 2.24) is 0 Å². The van der Waals surface area contributed by atoms with Crippen molar-refractivity contribution >= 4 is 11.4 Å². The van der Waals surface area contributed by atoms with Crippen LogP contribution in [0.15, 0.2) is 18.2 Å². The van der Waals surface area contributed by atoms with Crippen molar-refractivity contribution in [2.75, 3.05) is 24.8 Å². The van der Waals surface area contributed by atoms with Gasteiger partial charge in [-0.05, 0) is 25.0 Å². The number of nitrogens with one attached hydrogen (secondary N) is 1. The molecule has 0 spiro atoms. The van der Waals surface area contributed by atoms with Gasteiger partial charge in [0.1, 0.15) is 0 Å². The number of nitrogen functional groups attached to an aromatic ring is 1. The number of aryl methyl sites for hydroxylation is 1. The molecule has 0 heterocycles. The molecule has 3 heteroatoms. The molecule has 3 nitrogen and oxygen atoms in total. The van der Waals surface area contributed by atoms with Crippen LogP contribution in [0.2, 0.25) is 0 Å². The Hall–Kier alpha value is -1.22. The predicted molar refractivity (Wildman–Crippen MR) is 65.2 cm³/mol. The molecule has 0 amide bonds. The van der Waals surface area contributed by atoms with E-state index in [1.807, 2.05) is 25.1 Å². The molecule has 0 saturated carbocycles. The molecule has 15 heavy (non-hydrogen) atoms. The van der Waals surface area contributed by atoms with Crippen LogP contribution in [0.25, 0.3) is 0 Å². The zero-order chi connectivity index (χ0) is 11.3. The van der Waals surface area contributed by atoms with Gasteiger partial charge in [-0.1, -0.05) is 19.1 Å². The summed E-state index contributed by atoms with van der Waals surface area (Å²) in [5.41, 5.74) is 8.91. The topological polar surface area (TPSA) is 47.3 Å². The maximum atomic E-state index is 5.98. The molecule has 1 rings (SSSR count). The zero-order valence-electron chi connectivity index (χ0n) is 9.71. The first-order valence-corrected chi connectivity index (χ1v) is 5.29. The second-order valence-corrected chi connectivity index (χ2v) is 3.74. The molecule has 0 aliphatic carbocycles. The van der Waals surface area contributed by atoms with Gasteiger partial charge in [0.05, 0.1) is 18.0 Å². The van der Waals surface area contributed by atoms with Gasteiger partial charge in [-0.25, -0.2) is 0 Å². The van der Waals surface area contributed by atoms with Gasteiger partial charge < -0.3 is 15.8 Å². The second-order valence-electron chi connectivity index (χ2n) is 3.74. The molecule has 1 atom stereocenters. The highest BCUT2D eigenvalue weighted by atomic mass is 16.5. The number of hydrogen-bond donors (Lipinski definition) is 2. The average Bonchev–Trinajstić information content (AvgIpc) is 2.24. The van der Waals surface area contributed by atoms with Crippen LogP contribution in [0.5, 0.6) is 0 Å². The SMILES string of the molecule is CCC(COC)Nc1cccc(C)c1N. The van der Waals surface area contributed by atoms with Gasteiger partial charge in [0.15, 0.2) is 0 Å². The van der Waals surface area contributed by atoms with Crippen LogP contribution in [-0.4, -0.2) is 19.8 Å². The summed E-state index contributed by atoms with van der Waals surface area (Å²) in [6.07, 6.45) is 1.02. The molecule has 1 aromatic carbocycles. The highest BCUT2D eigenvalue weighted by Crippen LogP contribution is 2.22. The van der Waals surface area contributed by atoms with Crippen molar-refractivity contribution < 1.29 is 4.74 Å². The first-order chi connectivity index (χ1) is 7.19. The van der Waals surface area contributed by atoms with E-state index in [0.29, 0.717) is 12.6 Å². The number of methoxy groups -OCH3 is 1. The minimum Gasteiger partial charge on any atom is -0.397 e. The lowest BCUT2D eigenvalue weighted by atomic mass is 10.1. The first kappa shape index (κ1) is 11.9. The van der Waals surface area contributed by atoms with Crippen molar-refractivity contribution in [3.63, 3.8) is 0 Å². The van der Waals surface area contributed by atoms with Crippen LogP contribution < -0.4 is 11.1 Å². The number of para-hydroxylation sites is 1. The molecule has 0 aliphatic rings. The normalized spacial score (nSPS) is 12.5. The molecule has 0 fully saturated rings. The zero-order valence-corrected chi connectivity index (χ0v) is 9.71. The van der Waals surface area contributed by atoms with Crippen molar-refractivity contribution in [3.05, 3.63) is 23.8 Å². The lowest BCUT2D eigenvalue weighted by Crippen LogP contribution is -2.24. The maximum Gasteiger partial charge on any atom is 0.0663 e. The molecule has 0 aromatic heterocycles. The number of rotatable bonds is 5. The van der Waals surface area contributed by atoms with Gasteiger partial charge in [-0.15, -0.1) is 0 Å². The van der Waals surface area contributed by atoms with Gasteiger partial charge in [-0.2, -0.15) is 0 Å². The Balaban J connectivity index is 2.74. The minimum atomic E-state index is 0.319. The van der Waals surface area contributed by atoms with Crippen LogP contribution in [0.4, 0.5) is 11.4 Å².